The van der Waals surface area contributed by atoms with Crippen LogP contribution in [0.4, 0.5) is 0 Å². The van der Waals surface area contributed by atoms with Gasteiger partial charge in [-0.05, 0) is 38.3 Å². The molecule has 0 aromatic carbocycles. The summed E-state index contributed by atoms with van der Waals surface area (Å²) in [5.41, 5.74) is 0.458. The van der Waals surface area contributed by atoms with E-state index in [9.17, 15) is 9.59 Å². The van der Waals surface area contributed by atoms with Crippen molar-refractivity contribution in [2.45, 2.75) is 32.2 Å². The third kappa shape index (κ3) is 3.16. The van der Waals surface area contributed by atoms with Gasteiger partial charge in [0.2, 0.25) is 0 Å². The van der Waals surface area contributed by atoms with E-state index in [0.717, 1.165) is 25.8 Å². The highest BCUT2D eigenvalue weighted by Crippen LogP contribution is 2.16. The fourth-order valence-electron chi connectivity index (χ4n) is 2.43. The molecule has 5 nitrogen and oxygen atoms in total. The topological polar surface area (TPSA) is 51.5 Å². The highest BCUT2D eigenvalue weighted by atomic mass is 16.5. The van der Waals surface area contributed by atoms with E-state index in [2.05, 4.69) is 0 Å². The van der Waals surface area contributed by atoms with Crippen LogP contribution in [0.1, 0.15) is 36.7 Å². The Labute approximate surface area is 113 Å². The van der Waals surface area contributed by atoms with Gasteiger partial charge in [-0.15, -0.1) is 0 Å². The minimum atomic E-state index is -0.453. The molecule has 2 rings (SSSR count). The number of amides is 1. The van der Waals surface area contributed by atoms with Gasteiger partial charge in [-0.1, -0.05) is 0 Å². The maximum absolute atomic E-state index is 12.0. The van der Waals surface area contributed by atoms with Gasteiger partial charge in [0.25, 0.3) is 5.91 Å². The van der Waals surface area contributed by atoms with E-state index in [4.69, 9.17) is 4.74 Å². The fraction of sp³-hybridized carbons (Fsp3) is 0.571. The summed E-state index contributed by atoms with van der Waals surface area (Å²) in [7, 11) is 1.77. The molecule has 0 spiro atoms. The summed E-state index contributed by atoms with van der Waals surface area (Å²) in [5, 5.41) is 0. The molecule has 2 heterocycles. The molecular formula is C14H20N2O3. The number of ether oxygens (including phenoxy) is 1. The van der Waals surface area contributed by atoms with Crippen LogP contribution in [0.15, 0.2) is 18.3 Å². The Hall–Kier alpha value is -1.78. The lowest BCUT2D eigenvalue weighted by Crippen LogP contribution is -2.44. The van der Waals surface area contributed by atoms with Crippen LogP contribution in [0, 0.1) is 0 Å². The van der Waals surface area contributed by atoms with Crippen molar-refractivity contribution >= 4 is 11.9 Å². The third-order valence-corrected chi connectivity index (χ3v) is 3.60. The molecule has 1 saturated heterocycles. The van der Waals surface area contributed by atoms with Crippen molar-refractivity contribution in [3.05, 3.63) is 24.0 Å². The van der Waals surface area contributed by atoms with Crippen LogP contribution < -0.4 is 0 Å². The number of likely N-dealkylation sites (tertiary alicyclic amines) is 1. The van der Waals surface area contributed by atoms with Crippen LogP contribution in [-0.2, 0) is 16.6 Å². The second-order valence-electron chi connectivity index (χ2n) is 5.01. The number of aryl methyl sites for hydroxylation is 1. The number of hydrogen-bond donors (Lipinski definition) is 0. The van der Waals surface area contributed by atoms with Gasteiger partial charge in [-0.3, -0.25) is 4.79 Å². The summed E-state index contributed by atoms with van der Waals surface area (Å²) in [6, 6.07) is 3.69. The van der Waals surface area contributed by atoms with E-state index in [0.29, 0.717) is 5.69 Å². The van der Waals surface area contributed by atoms with E-state index in [1.807, 2.05) is 11.8 Å². The largest absolute Gasteiger partial charge is 0.451 e. The van der Waals surface area contributed by atoms with Gasteiger partial charge in [0.05, 0.1) is 0 Å². The van der Waals surface area contributed by atoms with Crippen LogP contribution >= 0.6 is 0 Å². The maximum Gasteiger partial charge on any atom is 0.355 e. The molecule has 1 aromatic heterocycles. The SMILES string of the molecule is C[C@H]1CCCCN1C(=O)COC(=O)c1cccn1C. The van der Waals surface area contributed by atoms with Crippen LogP contribution in [0.25, 0.3) is 0 Å². The van der Waals surface area contributed by atoms with Crippen LogP contribution in [-0.4, -0.2) is 40.5 Å². The molecule has 1 aliphatic heterocycles. The molecule has 5 heteroatoms. The van der Waals surface area contributed by atoms with Gasteiger partial charge >= 0.3 is 5.97 Å². The van der Waals surface area contributed by atoms with Crippen molar-refractivity contribution in [3.8, 4) is 0 Å². The van der Waals surface area contributed by atoms with Crippen LogP contribution in [0.5, 0.6) is 0 Å². The quantitative estimate of drug-likeness (QED) is 0.779. The first-order valence-corrected chi connectivity index (χ1v) is 6.67. The zero-order chi connectivity index (χ0) is 13.8. The van der Waals surface area contributed by atoms with Crippen molar-refractivity contribution in [2.75, 3.05) is 13.2 Å². The molecule has 1 amide bonds. The minimum Gasteiger partial charge on any atom is -0.451 e. The number of hydrogen-bond acceptors (Lipinski definition) is 3. The Morgan fingerprint density at radius 1 is 1.42 bits per heavy atom. The minimum absolute atomic E-state index is 0.102. The van der Waals surface area contributed by atoms with E-state index >= 15 is 0 Å². The number of aromatic nitrogens is 1. The smallest absolute Gasteiger partial charge is 0.355 e. The first-order chi connectivity index (χ1) is 9.09. The van der Waals surface area contributed by atoms with Gasteiger partial charge < -0.3 is 14.2 Å². The van der Waals surface area contributed by atoms with Gasteiger partial charge in [-0.25, -0.2) is 4.79 Å². The van der Waals surface area contributed by atoms with Gasteiger partial charge in [-0.2, -0.15) is 0 Å². The lowest BCUT2D eigenvalue weighted by molar-refractivity contribution is -0.137. The Bertz CT molecular complexity index is 467. The molecule has 1 atom stereocenters. The third-order valence-electron chi connectivity index (χ3n) is 3.60. The Balaban J connectivity index is 1.86. The predicted octanol–water partition coefficient (Wildman–Crippen LogP) is 1.58. The van der Waals surface area contributed by atoms with Crippen molar-refractivity contribution in [3.63, 3.8) is 0 Å². The number of rotatable bonds is 3. The standard InChI is InChI=1S/C14H20N2O3/c1-11-6-3-4-9-16(11)13(17)10-19-14(18)12-7-5-8-15(12)2/h5,7-8,11H,3-4,6,9-10H2,1-2H3/t11-/m0/s1. The summed E-state index contributed by atoms with van der Waals surface area (Å²) in [4.78, 5) is 25.6. The van der Waals surface area contributed by atoms with E-state index in [1.54, 1.807) is 29.9 Å². The van der Waals surface area contributed by atoms with Crippen molar-refractivity contribution in [1.29, 1.82) is 0 Å². The van der Waals surface area contributed by atoms with E-state index < -0.39 is 5.97 Å². The molecule has 19 heavy (non-hydrogen) atoms. The molecule has 104 valence electrons. The zero-order valence-corrected chi connectivity index (χ0v) is 11.5. The molecule has 0 bridgehead atoms. The van der Waals surface area contributed by atoms with Gasteiger partial charge in [0, 0.05) is 25.8 Å². The summed E-state index contributed by atoms with van der Waals surface area (Å²) in [6.45, 7) is 2.63. The Kier molecular flexibility index (Phi) is 4.24. The summed E-state index contributed by atoms with van der Waals surface area (Å²) in [6.07, 6.45) is 4.98. The van der Waals surface area contributed by atoms with Crippen molar-refractivity contribution in [2.24, 2.45) is 7.05 Å². The molecule has 1 fully saturated rings. The predicted molar refractivity (Wildman–Crippen MR) is 70.7 cm³/mol. The lowest BCUT2D eigenvalue weighted by atomic mass is 10.0. The number of esters is 1. The molecule has 0 saturated carbocycles. The number of carbonyl (C=O) groups excluding carboxylic acids is 2. The second-order valence-corrected chi connectivity index (χ2v) is 5.01. The highest BCUT2D eigenvalue weighted by Gasteiger charge is 2.24. The molecule has 0 N–H and O–H groups in total. The summed E-state index contributed by atoms with van der Waals surface area (Å²) >= 11 is 0. The molecule has 0 radical (unpaired) electrons. The molecule has 0 aliphatic carbocycles. The Morgan fingerprint density at radius 3 is 2.84 bits per heavy atom. The average molecular weight is 264 g/mol. The monoisotopic (exact) mass is 264 g/mol. The van der Waals surface area contributed by atoms with Crippen molar-refractivity contribution in [1.82, 2.24) is 9.47 Å². The summed E-state index contributed by atoms with van der Waals surface area (Å²) in [5.74, 6) is -0.555. The van der Waals surface area contributed by atoms with Gasteiger partial charge in [0.1, 0.15) is 5.69 Å². The molecular weight excluding hydrogens is 244 g/mol. The van der Waals surface area contributed by atoms with Crippen LogP contribution in [0.2, 0.25) is 0 Å². The second kappa shape index (κ2) is 5.91. The maximum atomic E-state index is 12.0. The average Bonchev–Trinajstić information content (AvgIpc) is 2.82. The first-order valence-electron chi connectivity index (χ1n) is 6.67. The normalized spacial score (nSPS) is 19.3. The number of carbonyl (C=O) groups is 2. The zero-order valence-electron chi connectivity index (χ0n) is 11.5. The molecule has 1 aliphatic rings. The first kappa shape index (κ1) is 13.6. The highest BCUT2D eigenvalue weighted by molar-refractivity contribution is 5.90. The Morgan fingerprint density at radius 2 is 2.21 bits per heavy atom. The summed E-state index contributed by atoms with van der Waals surface area (Å²) < 4.78 is 6.76. The van der Waals surface area contributed by atoms with E-state index in [-0.39, 0.29) is 18.6 Å². The van der Waals surface area contributed by atoms with Crippen molar-refractivity contribution < 1.29 is 14.3 Å². The van der Waals surface area contributed by atoms with Crippen LogP contribution in [0.3, 0.4) is 0 Å². The lowest BCUT2D eigenvalue weighted by Gasteiger charge is -2.33. The number of nitrogens with zero attached hydrogens (tertiary/aromatic N) is 2. The number of piperidine rings is 1. The van der Waals surface area contributed by atoms with Gasteiger partial charge in [0.15, 0.2) is 6.61 Å². The van der Waals surface area contributed by atoms with E-state index in [1.165, 1.54) is 0 Å². The molecule has 1 aromatic rings. The fourth-order valence-corrected chi connectivity index (χ4v) is 2.43. The molecule has 0 unspecified atom stereocenters.